The minimum atomic E-state index is -1.19. The summed E-state index contributed by atoms with van der Waals surface area (Å²) in [4.78, 5) is 23.0. The first-order chi connectivity index (χ1) is 10.1. The van der Waals surface area contributed by atoms with Crippen molar-refractivity contribution >= 4 is 12.1 Å². The number of amides is 1. The molecular formula is C16H23NO5. The van der Waals surface area contributed by atoms with Gasteiger partial charge in [0.1, 0.15) is 17.4 Å². The molecule has 0 aromatic heterocycles. The van der Waals surface area contributed by atoms with Crippen molar-refractivity contribution < 1.29 is 24.5 Å². The maximum Gasteiger partial charge on any atom is 0.408 e. The van der Waals surface area contributed by atoms with Crippen LogP contribution >= 0.6 is 0 Å². The molecule has 0 saturated carbocycles. The van der Waals surface area contributed by atoms with E-state index in [1.165, 1.54) is 6.07 Å². The van der Waals surface area contributed by atoms with Gasteiger partial charge in [0.25, 0.3) is 0 Å². The van der Waals surface area contributed by atoms with E-state index in [1.807, 2.05) is 6.92 Å². The van der Waals surface area contributed by atoms with E-state index in [1.54, 1.807) is 32.9 Å². The van der Waals surface area contributed by atoms with E-state index in [0.717, 1.165) is 12.0 Å². The number of nitrogens with one attached hydrogen (secondary N) is 1. The van der Waals surface area contributed by atoms with Crippen LogP contribution in [0.1, 0.15) is 38.8 Å². The van der Waals surface area contributed by atoms with Gasteiger partial charge >= 0.3 is 12.1 Å². The Morgan fingerprint density at radius 2 is 1.95 bits per heavy atom. The van der Waals surface area contributed by atoms with Crippen molar-refractivity contribution in [1.82, 2.24) is 5.32 Å². The van der Waals surface area contributed by atoms with Gasteiger partial charge in [-0.3, -0.25) is 0 Å². The second kappa shape index (κ2) is 7.15. The molecule has 0 aliphatic carbocycles. The number of aliphatic carboxylic acids is 1. The van der Waals surface area contributed by atoms with Crippen molar-refractivity contribution in [2.45, 2.75) is 52.2 Å². The van der Waals surface area contributed by atoms with E-state index in [9.17, 15) is 19.8 Å². The molecule has 122 valence electrons. The summed E-state index contributed by atoms with van der Waals surface area (Å²) in [6.45, 7) is 7.04. The summed E-state index contributed by atoms with van der Waals surface area (Å²) in [7, 11) is 0. The molecule has 0 radical (unpaired) electrons. The lowest BCUT2D eigenvalue weighted by Crippen LogP contribution is -2.44. The van der Waals surface area contributed by atoms with Crippen molar-refractivity contribution in [3.63, 3.8) is 0 Å². The Morgan fingerprint density at radius 1 is 1.32 bits per heavy atom. The van der Waals surface area contributed by atoms with Crippen LogP contribution in [0.25, 0.3) is 0 Å². The van der Waals surface area contributed by atoms with Crippen LogP contribution in [-0.4, -0.2) is 33.9 Å². The van der Waals surface area contributed by atoms with Gasteiger partial charge in [0.2, 0.25) is 0 Å². The van der Waals surface area contributed by atoms with Crippen LogP contribution in [-0.2, 0) is 22.4 Å². The number of phenolic OH excluding ortho intramolecular Hbond substituents is 1. The van der Waals surface area contributed by atoms with E-state index < -0.39 is 23.7 Å². The second-order valence-corrected chi connectivity index (χ2v) is 6.06. The number of carbonyl (C=O) groups is 2. The Morgan fingerprint density at radius 3 is 2.45 bits per heavy atom. The molecule has 22 heavy (non-hydrogen) atoms. The number of benzene rings is 1. The maximum absolute atomic E-state index is 11.7. The Hall–Kier alpha value is -2.24. The fourth-order valence-corrected chi connectivity index (χ4v) is 1.89. The minimum absolute atomic E-state index is 0.00874. The Balaban J connectivity index is 2.85. The maximum atomic E-state index is 11.7. The monoisotopic (exact) mass is 309 g/mol. The molecule has 0 fully saturated rings. The van der Waals surface area contributed by atoms with Crippen molar-refractivity contribution in [1.29, 1.82) is 0 Å². The molecule has 1 unspecified atom stereocenters. The van der Waals surface area contributed by atoms with Gasteiger partial charge < -0.3 is 20.3 Å². The van der Waals surface area contributed by atoms with Gasteiger partial charge in [-0.15, -0.1) is 0 Å². The summed E-state index contributed by atoms with van der Waals surface area (Å²) in [5.41, 5.74) is 0.745. The van der Waals surface area contributed by atoms with Crippen LogP contribution in [0.2, 0.25) is 0 Å². The van der Waals surface area contributed by atoms with Gasteiger partial charge in [0.15, 0.2) is 0 Å². The van der Waals surface area contributed by atoms with E-state index in [4.69, 9.17) is 4.74 Å². The van der Waals surface area contributed by atoms with Crippen LogP contribution in [0.4, 0.5) is 4.79 Å². The summed E-state index contributed by atoms with van der Waals surface area (Å²) in [6, 6.07) is 3.87. The smallest absolute Gasteiger partial charge is 0.408 e. The molecule has 1 atom stereocenters. The zero-order valence-corrected chi connectivity index (χ0v) is 13.3. The molecule has 0 saturated heterocycles. The van der Waals surface area contributed by atoms with Crippen molar-refractivity contribution in [2.75, 3.05) is 0 Å². The lowest BCUT2D eigenvalue weighted by Gasteiger charge is -2.22. The number of carbonyl (C=O) groups excluding carboxylic acids is 1. The highest BCUT2D eigenvalue weighted by Gasteiger charge is 2.25. The third kappa shape index (κ3) is 5.63. The van der Waals surface area contributed by atoms with Gasteiger partial charge in [0.05, 0.1) is 0 Å². The molecule has 1 amide bonds. The summed E-state index contributed by atoms with van der Waals surface area (Å²) in [5, 5.41) is 21.4. The highest BCUT2D eigenvalue weighted by Crippen LogP contribution is 2.21. The molecule has 3 N–H and O–H groups in total. The van der Waals surface area contributed by atoms with Crippen LogP contribution in [0, 0.1) is 0 Å². The minimum Gasteiger partial charge on any atom is -0.508 e. The first-order valence-electron chi connectivity index (χ1n) is 7.15. The standard InChI is InChI=1S/C16H23NO5/c1-5-10-6-7-13(18)11(8-10)9-12(14(19)20)17-15(21)22-16(2,3)4/h6-8,12,18H,5,9H2,1-4H3,(H,17,21)(H,19,20). The molecule has 1 rings (SSSR count). The summed E-state index contributed by atoms with van der Waals surface area (Å²) < 4.78 is 5.06. The molecule has 0 aliphatic rings. The predicted octanol–water partition coefficient (Wildman–Crippen LogP) is 2.48. The lowest BCUT2D eigenvalue weighted by atomic mass is 10.0. The van der Waals surface area contributed by atoms with Gasteiger partial charge in [-0.1, -0.05) is 19.1 Å². The average Bonchev–Trinajstić information content (AvgIpc) is 2.38. The van der Waals surface area contributed by atoms with Gasteiger partial charge in [-0.05, 0) is 44.4 Å². The van der Waals surface area contributed by atoms with Gasteiger partial charge in [0, 0.05) is 6.42 Å². The van der Waals surface area contributed by atoms with E-state index in [0.29, 0.717) is 5.56 Å². The highest BCUT2D eigenvalue weighted by molar-refractivity contribution is 5.80. The molecule has 0 aliphatic heterocycles. The number of aromatic hydroxyl groups is 1. The quantitative estimate of drug-likeness (QED) is 0.776. The van der Waals surface area contributed by atoms with Crippen LogP contribution < -0.4 is 5.32 Å². The highest BCUT2D eigenvalue weighted by atomic mass is 16.6. The Kier molecular flexibility index (Phi) is 5.79. The molecule has 6 heteroatoms. The average molecular weight is 309 g/mol. The number of carboxylic acids is 1. The number of carboxylic acid groups (broad SMARTS) is 1. The van der Waals surface area contributed by atoms with Crippen molar-refractivity contribution in [3.8, 4) is 5.75 Å². The van der Waals surface area contributed by atoms with Gasteiger partial charge in [-0.25, -0.2) is 9.59 Å². The zero-order chi connectivity index (χ0) is 16.9. The van der Waals surface area contributed by atoms with Crippen LogP contribution in [0.5, 0.6) is 5.75 Å². The summed E-state index contributed by atoms with van der Waals surface area (Å²) in [5.74, 6) is -1.18. The first-order valence-corrected chi connectivity index (χ1v) is 7.15. The molecule has 0 bridgehead atoms. The fraction of sp³-hybridized carbons (Fsp3) is 0.500. The molecular weight excluding hydrogens is 286 g/mol. The zero-order valence-electron chi connectivity index (χ0n) is 13.3. The SMILES string of the molecule is CCc1ccc(O)c(CC(NC(=O)OC(C)(C)C)C(=O)O)c1. The van der Waals surface area contributed by atoms with E-state index >= 15 is 0 Å². The predicted molar refractivity (Wildman–Crippen MR) is 82.0 cm³/mol. The van der Waals surface area contributed by atoms with Gasteiger partial charge in [-0.2, -0.15) is 0 Å². The summed E-state index contributed by atoms with van der Waals surface area (Å²) in [6.07, 6.45) is -0.0512. The van der Waals surface area contributed by atoms with Crippen LogP contribution in [0.3, 0.4) is 0 Å². The Bertz CT molecular complexity index is 548. The number of ether oxygens (including phenoxy) is 1. The van der Waals surface area contributed by atoms with E-state index in [2.05, 4.69) is 5.32 Å². The number of hydrogen-bond acceptors (Lipinski definition) is 4. The second-order valence-electron chi connectivity index (χ2n) is 6.06. The normalized spacial score (nSPS) is 12.5. The largest absolute Gasteiger partial charge is 0.508 e. The fourth-order valence-electron chi connectivity index (χ4n) is 1.89. The number of rotatable bonds is 5. The molecule has 1 aromatic carbocycles. The van der Waals surface area contributed by atoms with E-state index in [-0.39, 0.29) is 12.2 Å². The number of hydrogen-bond donors (Lipinski definition) is 3. The lowest BCUT2D eigenvalue weighted by molar-refractivity contribution is -0.139. The van der Waals surface area contributed by atoms with Crippen molar-refractivity contribution in [3.05, 3.63) is 29.3 Å². The molecule has 6 nitrogen and oxygen atoms in total. The molecule has 1 aromatic rings. The molecule has 0 heterocycles. The summed E-state index contributed by atoms with van der Waals surface area (Å²) >= 11 is 0. The molecule has 0 spiro atoms. The topological polar surface area (TPSA) is 95.9 Å². The number of phenols is 1. The first kappa shape index (κ1) is 17.8. The van der Waals surface area contributed by atoms with Crippen molar-refractivity contribution in [2.24, 2.45) is 0 Å². The van der Waals surface area contributed by atoms with Crippen LogP contribution in [0.15, 0.2) is 18.2 Å². The third-order valence-corrected chi connectivity index (χ3v) is 2.97. The number of aryl methyl sites for hydroxylation is 1. The number of alkyl carbamates (subject to hydrolysis) is 1. The Labute approximate surface area is 130 Å². The third-order valence-electron chi connectivity index (χ3n) is 2.97.